The van der Waals surface area contributed by atoms with Crippen LogP contribution in [0, 0.1) is 0 Å². The Labute approximate surface area is 135 Å². The molecule has 0 aliphatic heterocycles. The predicted octanol–water partition coefficient (Wildman–Crippen LogP) is 5.93. The predicted molar refractivity (Wildman–Crippen MR) is 89.3 cm³/mol. The van der Waals surface area contributed by atoms with E-state index in [-0.39, 0.29) is 6.04 Å². The zero-order valence-electron chi connectivity index (χ0n) is 11.4. The minimum absolute atomic E-state index is 0.202. The second kappa shape index (κ2) is 6.71. The van der Waals surface area contributed by atoms with Crippen molar-refractivity contribution < 1.29 is 0 Å². The Kier molecular flexibility index (Phi) is 5.20. The van der Waals surface area contributed by atoms with Crippen LogP contribution in [0.4, 0.5) is 5.69 Å². The van der Waals surface area contributed by atoms with Crippen LogP contribution in [0.15, 0.2) is 42.5 Å². The number of hydrogen-bond acceptors (Lipinski definition) is 1. The molecule has 0 heterocycles. The van der Waals surface area contributed by atoms with Crippen LogP contribution in [-0.2, 0) is 5.88 Å². The van der Waals surface area contributed by atoms with Crippen LogP contribution >= 0.6 is 34.8 Å². The summed E-state index contributed by atoms with van der Waals surface area (Å²) in [6, 6.07) is 13.9. The first-order valence-corrected chi connectivity index (χ1v) is 7.64. The summed E-state index contributed by atoms with van der Waals surface area (Å²) >= 11 is 18.0. The number of halogens is 3. The number of hydrogen-bond donors (Lipinski definition) is 0. The van der Waals surface area contributed by atoms with Crippen molar-refractivity contribution in [3.05, 3.63) is 63.6 Å². The number of benzene rings is 2. The minimum Gasteiger partial charge on any atom is -0.368 e. The summed E-state index contributed by atoms with van der Waals surface area (Å²) in [5.74, 6) is 0.462. The highest BCUT2D eigenvalue weighted by molar-refractivity contribution is 6.31. The van der Waals surface area contributed by atoms with E-state index in [1.807, 2.05) is 49.5 Å². The minimum atomic E-state index is 0.202. The summed E-state index contributed by atoms with van der Waals surface area (Å²) in [6.45, 7) is 2.14. The van der Waals surface area contributed by atoms with Crippen LogP contribution in [0.1, 0.15) is 24.1 Å². The van der Waals surface area contributed by atoms with Gasteiger partial charge >= 0.3 is 0 Å². The Balaban J connectivity index is 2.32. The molecule has 0 aromatic heterocycles. The zero-order valence-corrected chi connectivity index (χ0v) is 13.7. The van der Waals surface area contributed by atoms with Gasteiger partial charge in [-0.25, -0.2) is 0 Å². The fourth-order valence-electron chi connectivity index (χ4n) is 2.15. The molecule has 20 heavy (non-hydrogen) atoms. The van der Waals surface area contributed by atoms with E-state index in [1.54, 1.807) is 0 Å². The maximum atomic E-state index is 6.10. The second-order valence-corrected chi connectivity index (χ2v) is 5.89. The molecule has 0 amide bonds. The number of rotatable bonds is 4. The van der Waals surface area contributed by atoms with Crippen LogP contribution in [0.2, 0.25) is 10.0 Å². The Bertz CT molecular complexity index is 581. The lowest BCUT2D eigenvalue weighted by molar-refractivity contribution is 0.737. The highest BCUT2D eigenvalue weighted by atomic mass is 35.5. The number of anilines is 1. The molecule has 106 valence electrons. The highest BCUT2D eigenvalue weighted by Crippen LogP contribution is 2.31. The van der Waals surface area contributed by atoms with Gasteiger partial charge in [0.2, 0.25) is 0 Å². The van der Waals surface area contributed by atoms with Gasteiger partial charge in [-0.1, -0.05) is 41.4 Å². The topological polar surface area (TPSA) is 3.24 Å². The van der Waals surface area contributed by atoms with E-state index in [2.05, 4.69) is 11.8 Å². The molecule has 2 rings (SSSR count). The smallest absolute Gasteiger partial charge is 0.0511 e. The zero-order chi connectivity index (χ0) is 14.7. The van der Waals surface area contributed by atoms with Crippen LogP contribution in [0.3, 0.4) is 0 Å². The van der Waals surface area contributed by atoms with E-state index in [4.69, 9.17) is 34.8 Å². The number of nitrogens with zero attached hydrogens (tertiary/aromatic N) is 1. The monoisotopic (exact) mass is 327 g/mol. The summed E-state index contributed by atoms with van der Waals surface area (Å²) in [5, 5.41) is 1.46. The molecule has 1 unspecified atom stereocenters. The van der Waals surface area contributed by atoms with Gasteiger partial charge in [-0.3, -0.25) is 0 Å². The molecule has 1 nitrogen and oxygen atoms in total. The second-order valence-electron chi connectivity index (χ2n) is 4.75. The molecule has 0 aliphatic rings. The summed E-state index contributed by atoms with van der Waals surface area (Å²) in [6.07, 6.45) is 0. The molecule has 0 saturated carbocycles. The summed E-state index contributed by atoms with van der Waals surface area (Å²) in [7, 11) is 2.04. The quantitative estimate of drug-likeness (QED) is 0.629. The Morgan fingerprint density at radius 2 is 1.60 bits per heavy atom. The van der Waals surface area contributed by atoms with Gasteiger partial charge in [0, 0.05) is 28.7 Å². The van der Waals surface area contributed by atoms with E-state index in [9.17, 15) is 0 Å². The average molecular weight is 329 g/mol. The molecule has 2 aromatic carbocycles. The number of alkyl halides is 1. The van der Waals surface area contributed by atoms with E-state index >= 15 is 0 Å². The molecule has 2 aromatic rings. The fraction of sp³-hybridized carbons (Fsp3) is 0.250. The van der Waals surface area contributed by atoms with Crippen molar-refractivity contribution in [2.45, 2.75) is 18.8 Å². The normalized spacial score (nSPS) is 12.2. The Morgan fingerprint density at radius 3 is 2.20 bits per heavy atom. The molecule has 0 N–H and O–H groups in total. The van der Waals surface area contributed by atoms with Gasteiger partial charge in [0.15, 0.2) is 0 Å². The van der Waals surface area contributed by atoms with Crippen molar-refractivity contribution in [2.24, 2.45) is 0 Å². The van der Waals surface area contributed by atoms with Crippen molar-refractivity contribution in [3.8, 4) is 0 Å². The van der Waals surface area contributed by atoms with E-state index in [1.165, 1.54) is 5.56 Å². The third kappa shape index (κ3) is 3.41. The van der Waals surface area contributed by atoms with Crippen molar-refractivity contribution in [1.82, 2.24) is 0 Å². The van der Waals surface area contributed by atoms with Crippen LogP contribution in [0.25, 0.3) is 0 Å². The van der Waals surface area contributed by atoms with Gasteiger partial charge in [-0.15, -0.1) is 11.6 Å². The van der Waals surface area contributed by atoms with E-state index in [0.717, 1.165) is 16.3 Å². The molecule has 0 radical (unpaired) electrons. The van der Waals surface area contributed by atoms with Gasteiger partial charge < -0.3 is 4.90 Å². The molecule has 1 atom stereocenters. The molecule has 0 fully saturated rings. The first-order chi connectivity index (χ1) is 9.52. The van der Waals surface area contributed by atoms with Gasteiger partial charge in [-0.2, -0.15) is 0 Å². The lowest BCUT2D eigenvalue weighted by Crippen LogP contribution is -2.22. The third-order valence-corrected chi connectivity index (χ3v) is 4.28. The maximum absolute atomic E-state index is 6.10. The van der Waals surface area contributed by atoms with Gasteiger partial charge in [0.25, 0.3) is 0 Å². The first-order valence-electron chi connectivity index (χ1n) is 6.35. The van der Waals surface area contributed by atoms with Crippen LogP contribution in [0.5, 0.6) is 0 Å². The van der Waals surface area contributed by atoms with Crippen molar-refractivity contribution in [3.63, 3.8) is 0 Å². The van der Waals surface area contributed by atoms with Crippen LogP contribution in [-0.4, -0.2) is 7.05 Å². The largest absolute Gasteiger partial charge is 0.368 e. The molecule has 0 bridgehead atoms. The lowest BCUT2D eigenvalue weighted by atomic mass is 10.1. The third-order valence-electron chi connectivity index (χ3n) is 3.50. The standard InChI is InChI=1S/C16H16Cl3N/c1-11(12-3-6-14(18)7-4-12)20(2)16-9-15(19)8-5-13(16)10-17/h3-9,11H,10H2,1-2H3. The van der Waals surface area contributed by atoms with E-state index < -0.39 is 0 Å². The van der Waals surface area contributed by atoms with Crippen molar-refractivity contribution in [2.75, 3.05) is 11.9 Å². The Hall–Kier alpha value is -0.890. The lowest BCUT2D eigenvalue weighted by Gasteiger charge is -2.29. The molecule has 0 spiro atoms. The maximum Gasteiger partial charge on any atom is 0.0511 e. The van der Waals surface area contributed by atoms with Gasteiger partial charge in [-0.05, 0) is 42.3 Å². The van der Waals surface area contributed by atoms with Gasteiger partial charge in [0.05, 0.1) is 6.04 Å². The van der Waals surface area contributed by atoms with Gasteiger partial charge in [0.1, 0.15) is 0 Å². The van der Waals surface area contributed by atoms with E-state index in [0.29, 0.717) is 10.9 Å². The molecular formula is C16H16Cl3N. The summed E-state index contributed by atoms with van der Waals surface area (Å²) < 4.78 is 0. The summed E-state index contributed by atoms with van der Waals surface area (Å²) in [4.78, 5) is 2.17. The van der Waals surface area contributed by atoms with Crippen LogP contribution < -0.4 is 4.90 Å². The molecule has 0 aliphatic carbocycles. The molecular weight excluding hydrogens is 313 g/mol. The fourth-order valence-corrected chi connectivity index (χ4v) is 2.67. The average Bonchev–Trinajstić information content (AvgIpc) is 2.46. The highest BCUT2D eigenvalue weighted by Gasteiger charge is 2.15. The SMILES string of the molecule is CC(c1ccc(Cl)cc1)N(C)c1cc(Cl)ccc1CCl. The first kappa shape index (κ1) is 15.5. The molecule has 4 heteroatoms. The summed E-state index contributed by atoms with van der Waals surface area (Å²) in [5.41, 5.74) is 3.31. The Morgan fingerprint density at radius 1 is 1.00 bits per heavy atom. The molecule has 0 saturated heterocycles. The van der Waals surface area contributed by atoms with Crippen molar-refractivity contribution in [1.29, 1.82) is 0 Å². The van der Waals surface area contributed by atoms with Crippen molar-refractivity contribution >= 4 is 40.5 Å².